The van der Waals surface area contributed by atoms with E-state index in [4.69, 9.17) is 0 Å². The second kappa shape index (κ2) is 5.23. The summed E-state index contributed by atoms with van der Waals surface area (Å²) >= 11 is 0. The average molecular weight is 195 g/mol. The van der Waals surface area contributed by atoms with E-state index in [1.165, 1.54) is 5.57 Å². The van der Waals surface area contributed by atoms with E-state index in [2.05, 4.69) is 53.1 Å². The molecule has 1 unspecified atom stereocenters. The molecular formula is C13H25N. The van der Waals surface area contributed by atoms with Gasteiger partial charge < -0.3 is 5.32 Å². The first-order valence-electron chi connectivity index (χ1n) is 5.32. The largest absolute Gasteiger partial charge is 0.386 e. The van der Waals surface area contributed by atoms with Crippen LogP contribution in [0.4, 0.5) is 0 Å². The summed E-state index contributed by atoms with van der Waals surface area (Å²) in [6.07, 6.45) is 2.03. The maximum Gasteiger partial charge on any atom is 0.0278 e. The van der Waals surface area contributed by atoms with Crippen molar-refractivity contribution in [2.45, 2.75) is 53.5 Å². The van der Waals surface area contributed by atoms with E-state index in [0.29, 0.717) is 6.04 Å². The third-order valence-electron chi connectivity index (χ3n) is 2.57. The average Bonchev–Trinajstić information content (AvgIpc) is 1.99. The van der Waals surface area contributed by atoms with E-state index >= 15 is 0 Å². The predicted octanol–water partition coefficient (Wildman–Crippen LogP) is 3.88. The molecule has 1 atom stereocenters. The molecule has 0 aliphatic carbocycles. The first-order valence-corrected chi connectivity index (χ1v) is 5.32. The zero-order valence-electron chi connectivity index (χ0n) is 10.4. The molecule has 1 N–H and O–H groups in total. The maximum atomic E-state index is 4.03. The first kappa shape index (κ1) is 13.3. The van der Waals surface area contributed by atoms with Crippen LogP contribution in [0.15, 0.2) is 24.4 Å². The van der Waals surface area contributed by atoms with Crippen molar-refractivity contribution in [3.8, 4) is 0 Å². The minimum Gasteiger partial charge on any atom is -0.386 e. The third kappa shape index (κ3) is 5.85. The smallest absolute Gasteiger partial charge is 0.0278 e. The Kier molecular flexibility index (Phi) is 4.96. The second-order valence-electron chi connectivity index (χ2n) is 5.29. The molecule has 1 heteroatoms. The molecule has 0 aliphatic heterocycles. The van der Waals surface area contributed by atoms with Crippen LogP contribution in [0.5, 0.6) is 0 Å². The first-order chi connectivity index (χ1) is 6.23. The van der Waals surface area contributed by atoms with Crippen LogP contribution in [0.3, 0.4) is 0 Å². The van der Waals surface area contributed by atoms with Gasteiger partial charge in [-0.25, -0.2) is 0 Å². The Morgan fingerprint density at radius 2 is 1.71 bits per heavy atom. The zero-order chi connectivity index (χ0) is 11.4. The van der Waals surface area contributed by atoms with Crippen molar-refractivity contribution >= 4 is 0 Å². The SMILES string of the molecule is C=C(C)CCC(=C)NC(C)C(C)(C)C. The van der Waals surface area contributed by atoms with Gasteiger partial charge in [0.25, 0.3) is 0 Å². The lowest BCUT2D eigenvalue weighted by Gasteiger charge is -2.29. The van der Waals surface area contributed by atoms with Crippen molar-refractivity contribution in [1.29, 1.82) is 0 Å². The molecule has 0 aliphatic rings. The summed E-state index contributed by atoms with van der Waals surface area (Å²) in [6, 6.07) is 0.458. The topological polar surface area (TPSA) is 12.0 Å². The summed E-state index contributed by atoms with van der Waals surface area (Å²) in [4.78, 5) is 0. The molecule has 0 radical (unpaired) electrons. The Labute approximate surface area is 89.3 Å². The van der Waals surface area contributed by atoms with Crippen LogP contribution in [0.25, 0.3) is 0 Å². The number of rotatable bonds is 5. The van der Waals surface area contributed by atoms with E-state index in [1.807, 2.05) is 0 Å². The van der Waals surface area contributed by atoms with E-state index in [0.717, 1.165) is 18.5 Å². The van der Waals surface area contributed by atoms with Crippen molar-refractivity contribution < 1.29 is 0 Å². The molecule has 0 amide bonds. The molecule has 0 bridgehead atoms. The fraction of sp³-hybridized carbons (Fsp3) is 0.692. The summed E-state index contributed by atoms with van der Waals surface area (Å²) in [5.41, 5.74) is 2.62. The van der Waals surface area contributed by atoms with Gasteiger partial charge in [-0.2, -0.15) is 0 Å². The fourth-order valence-electron chi connectivity index (χ4n) is 0.959. The van der Waals surface area contributed by atoms with E-state index < -0.39 is 0 Å². The number of allylic oxidation sites excluding steroid dienone is 2. The van der Waals surface area contributed by atoms with E-state index in [1.54, 1.807) is 0 Å². The van der Waals surface area contributed by atoms with Crippen molar-refractivity contribution in [1.82, 2.24) is 5.32 Å². The quantitative estimate of drug-likeness (QED) is 0.656. The highest BCUT2D eigenvalue weighted by atomic mass is 14.9. The Morgan fingerprint density at radius 3 is 2.07 bits per heavy atom. The minimum absolute atomic E-state index is 0.284. The summed E-state index contributed by atoms with van der Waals surface area (Å²) in [5, 5.41) is 3.44. The van der Waals surface area contributed by atoms with Gasteiger partial charge in [0, 0.05) is 11.7 Å². The van der Waals surface area contributed by atoms with Gasteiger partial charge in [0.05, 0.1) is 0 Å². The molecule has 0 aromatic carbocycles. The molecule has 0 saturated heterocycles. The molecule has 0 heterocycles. The van der Waals surface area contributed by atoms with Gasteiger partial charge in [-0.1, -0.05) is 32.9 Å². The highest BCUT2D eigenvalue weighted by Crippen LogP contribution is 2.20. The maximum absolute atomic E-state index is 4.03. The molecular weight excluding hydrogens is 170 g/mol. The lowest BCUT2D eigenvalue weighted by Crippen LogP contribution is -2.36. The standard InChI is InChI=1S/C13H25N/c1-10(2)8-9-11(3)14-12(4)13(5,6)7/h12,14H,1,3,8-9H2,2,4-7H3. The van der Waals surface area contributed by atoms with Gasteiger partial charge in [-0.15, -0.1) is 6.58 Å². The van der Waals surface area contributed by atoms with Crippen LogP contribution in [0, 0.1) is 5.41 Å². The zero-order valence-corrected chi connectivity index (χ0v) is 10.4. The number of nitrogens with one attached hydrogen (secondary N) is 1. The predicted molar refractivity (Wildman–Crippen MR) is 65.2 cm³/mol. The van der Waals surface area contributed by atoms with Gasteiger partial charge in [0.15, 0.2) is 0 Å². The normalized spacial score (nSPS) is 13.5. The molecule has 0 aromatic rings. The summed E-state index contributed by atoms with van der Waals surface area (Å²) in [6.45, 7) is 18.9. The van der Waals surface area contributed by atoms with Crippen molar-refractivity contribution in [3.05, 3.63) is 24.4 Å². The van der Waals surface area contributed by atoms with Crippen molar-refractivity contribution in [2.75, 3.05) is 0 Å². The highest BCUT2D eigenvalue weighted by Gasteiger charge is 2.19. The van der Waals surface area contributed by atoms with Crippen molar-refractivity contribution in [3.63, 3.8) is 0 Å². The van der Waals surface area contributed by atoms with Gasteiger partial charge >= 0.3 is 0 Å². The van der Waals surface area contributed by atoms with Gasteiger partial charge in [0.1, 0.15) is 0 Å². The van der Waals surface area contributed by atoms with E-state index in [9.17, 15) is 0 Å². The molecule has 0 spiro atoms. The molecule has 0 fully saturated rings. The highest BCUT2D eigenvalue weighted by molar-refractivity contribution is 5.00. The Morgan fingerprint density at radius 1 is 1.21 bits per heavy atom. The van der Waals surface area contributed by atoms with Gasteiger partial charge in [-0.3, -0.25) is 0 Å². The Hall–Kier alpha value is -0.720. The lowest BCUT2D eigenvalue weighted by atomic mass is 9.88. The Bertz CT molecular complexity index is 208. The van der Waals surface area contributed by atoms with Crippen LogP contribution >= 0.6 is 0 Å². The summed E-state index contributed by atoms with van der Waals surface area (Å²) in [7, 11) is 0. The van der Waals surface area contributed by atoms with Crippen LogP contribution in [0.2, 0.25) is 0 Å². The fourth-order valence-corrected chi connectivity index (χ4v) is 0.959. The van der Waals surface area contributed by atoms with Crippen LogP contribution < -0.4 is 5.32 Å². The molecule has 0 saturated carbocycles. The molecule has 0 rings (SSSR count). The molecule has 1 nitrogen and oxygen atoms in total. The number of hydrogen-bond donors (Lipinski definition) is 1. The molecule has 82 valence electrons. The monoisotopic (exact) mass is 195 g/mol. The van der Waals surface area contributed by atoms with Crippen molar-refractivity contribution in [2.24, 2.45) is 5.41 Å². The summed E-state index contributed by atoms with van der Waals surface area (Å²) in [5.74, 6) is 0. The van der Waals surface area contributed by atoms with Crippen LogP contribution in [-0.2, 0) is 0 Å². The lowest BCUT2D eigenvalue weighted by molar-refractivity contribution is 0.301. The minimum atomic E-state index is 0.284. The second-order valence-corrected chi connectivity index (χ2v) is 5.29. The molecule has 14 heavy (non-hydrogen) atoms. The van der Waals surface area contributed by atoms with Crippen LogP contribution in [0.1, 0.15) is 47.5 Å². The number of hydrogen-bond acceptors (Lipinski definition) is 1. The van der Waals surface area contributed by atoms with Gasteiger partial charge in [0.2, 0.25) is 0 Å². The molecule has 0 aromatic heterocycles. The van der Waals surface area contributed by atoms with E-state index in [-0.39, 0.29) is 5.41 Å². The summed E-state index contributed by atoms with van der Waals surface area (Å²) < 4.78 is 0. The Balaban J connectivity index is 3.89. The van der Waals surface area contributed by atoms with Crippen LogP contribution in [-0.4, -0.2) is 6.04 Å². The van der Waals surface area contributed by atoms with Gasteiger partial charge in [-0.05, 0) is 32.1 Å². The third-order valence-corrected chi connectivity index (χ3v) is 2.57.